The van der Waals surface area contributed by atoms with Crippen LogP contribution in [0, 0.1) is 0 Å². The minimum absolute atomic E-state index is 0.500. The van der Waals surface area contributed by atoms with E-state index in [2.05, 4.69) is 5.10 Å². The SMILES string of the molecule is CC(C)(C(=O)O)n1cc(-c2ccc(Cl)cc2Cl)cn1. The van der Waals surface area contributed by atoms with Gasteiger partial charge in [-0.2, -0.15) is 5.10 Å². The Morgan fingerprint density at radius 3 is 2.63 bits per heavy atom. The lowest BCUT2D eigenvalue weighted by molar-refractivity contribution is -0.146. The lowest BCUT2D eigenvalue weighted by Crippen LogP contribution is -2.35. The summed E-state index contributed by atoms with van der Waals surface area (Å²) in [5, 5.41) is 14.3. The normalized spacial score (nSPS) is 11.6. The van der Waals surface area contributed by atoms with Crippen molar-refractivity contribution in [1.82, 2.24) is 9.78 Å². The average molecular weight is 299 g/mol. The van der Waals surface area contributed by atoms with Gasteiger partial charge in [0.15, 0.2) is 5.54 Å². The van der Waals surface area contributed by atoms with Crippen LogP contribution in [-0.4, -0.2) is 20.9 Å². The predicted molar refractivity (Wildman–Crippen MR) is 74.6 cm³/mol. The second-order valence-corrected chi connectivity index (χ2v) is 5.51. The molecule has 0 saturated heterocycles. The first kappa shape index (κ1) is 13.9. The van der Waals surface area contributed by atoms with Gasteiger partial charge in [-0.3, -0.25) is 4.68 Å². The molecule has 6 heteroatoms. The van der Waals surface area contributed by atoms with Gasteiger partial charge in [0.05, 0.1) is 6.20 Å². The number of halogens is 2. The van der Waals surface area contributed by atoms with E-state index < -0.39 is 11.5 Å². The molecule has 0 atom stereocenters. The highest BCUT2D eigenvalue weighted by atomic mass is 35.5. The fourth-order valence-electron chi connectivity index (χ4n) is 1.59. The number of aromatic nitrogens is 2. The van der Waals surface area contributed by atoms with E-state index in [9.17, 15) is 4.79 Å². The zero-order chi connectivity index (χ0) is 14.2. The van der Waals surface area contributed by atoms with E-state index in [0.29, 0.717) is 10.0 Å². The fourth-order valence-corrected chi connectivity index (χ4v) is 2.11. The second-order valence-electron chi connectivity index (χ2n) is 4.66. The first-order valence-electron chi connectivity index (χ1n) is 5.56. The molecule has 2 aromatic rings. The van der Waals surface area contributed by atoms with Gasteiger partial charge in [0.2, 0.25) is 0 Å². The Bertz CT molecular complexity index is 635. The van der Waals surface area contributed by atoms with Crippen LogP contribution in [-0.2, 0) is 10.3 Å². The highest BCUT2D eigenvalue weighted by Crippen LogP contribution is 2.30. The summed E-state index contributed by atoms with van der Waals surface area (Å²) in [5.41, 5.74) is 0.395. The molecule has 0 saturated carbocycles. The van der Waals surface area contributed by atoms with Gasteiger partial charge < -0.3 is 5.11 Å². The summed E-state index contributed by atoms with van der Waals surface area (Å²) in [4.78, 5) is 11.2. The van der Waals surface area contributed by atoms with Crippen LogP contribution < -0.4 is 0 Å². The molecule has 0 radical (unpaired) electrons. The van der Waals surface area contributed by atoms with Gasteiger partial charge in [-0.05, 0) is 26.0 Å². The first-order valence-corrected chi connectivity index (χ1v) is 6.32. The van der Waals surface area contributed by atoms with Crippen LogP contribution >= 0.6 is 23.2 Å². The van der Waals surface area contributed by atoms with Gasteiger partial charge in [0, 0.05) is 27.4 Å². The second kappa shape index (κ2) is 4.87. The molecule has 1 heterocycles. The molecule has 1 aromatic carbocycles. The van der Waals surface area contributed by atoms with Crippen molar-refractivity contribution in [3.63, 3.8) is 0 Å². The smallest absolute Gasteiger partial charge is 0.331 e. The Morgan fingerprint density at radius 1 is 1.37 bits per heavy atom. The third-order valence-electron chi connectivity index (χ3n) is 2.92. The quantitative estimate of drug-likeness (QED) is 0.940. The molecule has 0 aliphatic rings. The molecule has 0 aliphatic carbocycles. The van der Waals surface area contributed by atoms with E-state index in [-0.39, 0.29) is 0 Å². The van der Waals surface area contributed by atoms with Gasteiger partial charge >= 0.3 is 5.97 Å². The monoisotopic (exact) mass is 298 g/mol. The summed E-state index contributed by atoms with van der Waals surface area (Å²) >= 11 is 12.0. The molecule has 0 bridgehead atoms. The molecule has 100 valence electrons. The van der Waals surface area contributed by atoms with Crippen LogP contribution in [0.1, 0.15) is 13.8 Å². The Labute approximate surface area is 120 Å². The van der Waals surface area contributed by atoms with E-state index in [1.807, 2.05) is 0 Å². The van der Waals surface area contributed by atoms with E-state index in [1.165, 1.54) is 4.68 Å². The van der Waals surface area contributed by atoms with E-state index in [4.69, 9.17) is 28.3 Å². The van der Waals surface area contributed by atoms with Crippen LogP contribution in [0.15, 0.2) is 30.6 Å². The van der Waals surface area contributed by atoms with E-state index in [1.54, 1.807) is 44.4 Å². The van der Waals surface area contributed by atoms with E-state index in [0.717, 1.165) is 11.1 Å². The first-order chi connectivity index (χ1) is 8.82. The highest BCUT2D eigenvalue weighted by molar-refractivity contribution is 6.36. The molecule has 1 aromatic heterocycles. The zero-order valence-corrected chi connectivity index (χ0v) is 11.9. The lowest BCUT2D eigenvalue weighted by Gasteiger charge is -2.19. The molecule has 0 spiro atoms. The maximum absolute atomic E-state index is 11.2. The van der Waals surface area contributed by atoms with Crippen LogP contribution in [0.4, 0.5) is 0 Å². The maximum Gasteiger partial charge on any atom is 0.331 e. The molecular formula is C13H12Cl2N2O2. The molecule has 0 amide bonds. The molecule has 19 heavy (non-hydrogen) atoms. The number of carboxylic acids is 1. The molecule has 0 aliphatic heterocycles. The number of carbonyl (C=O) groups is 1. The van der Waals surface area contributed by atoms with Crippen LogP contribution in [0.25, 0.3) is 11.1 Å². The third-order valence-corrected chi connectivity index (χ3v) is 3.47. The molecule has 1 N–H and O–H groups in total. The number of rotatable bonds is 3. The van der Waals surface area contributed by atoms with Gasteiger partial charge in [-0.25, -0.2) is 4.79 Å². The van der Waals surface area contributed by atoms with Crippen molar-refractivity contribution in [1.29, 1.82) is 0 Å². The number of hydrogen-bond acceptors (Lipinski definition) is 2. The van der Waals surface area contributed by atoms with Crippen LogP contribution in [0.5, 0.6) is 0 Å². The van der Waals surface area contributed by atoms with Gasteiger partial charge in [0.1, 0.15) is 0 Å². The Hall–Kier alpha value is -1.52. The van der Waals surface area contributed by atoms with Crippen LogP contribution in [0.2, 0.25) is 10.0 Å². The number of hydrogen-bond donors (Lipinski definition) is 1. The Morgan fingerprint density at radius 2 is 2.05 bits per heavy atom. The standard InChI is InChI=1S/C13H12Cl2N2O2/c1-13(2,12(18)19)17-7-8(6-16-17)10-4-3-9(14)5-11(10)15/h3-7H,1-2H3,(H,18,19). The summed E-state index contributed by atoms with van der Waals surface area (Å²) in [7, 11) is 0. The van der Waals surface area contributed by atoms with Crippen molar-refractivity contribution in [3.05, 3.63) is 40.6 Å². The van der Waals surface area contributed by atoms with Crippen molar-refractivity contribution in [2.24, 2.45) is 0 Å². The van der Waals surface area contributed by atoms with Crippen molar-refractivity contribution in [2.45, 2.75) is 19.4 Å². The topological polar surface area (TPSA) is 55.1 Å². The van der Waals surface area contributed by atoms with Gasteiger partial charge in [-0.15, -0.1) is 0 Å². The number of carboxylic acid groups (broad SMARTS) is 1. The predicted octanol–water partition coefficient (Wildman–Crippen LogP) is 3.68. The minimum atomic E-state index is -1.11. The Balaban J connectivity index is 2.44. The summed E-state index contributed by atoms with van der Waals surface area (Å²) in [6, 6.07) is 5.14. The molecule has 0 fully saturated rings. The summed E-state index contributed by atoms with van der Waals surface area (Å²) in [6.07, 6.45) is 3.24. The number of aliphatic carboxylic acids is 1. The van der Waals surface area contributed by atoms with Crippen molar-refractivity contribution >= 4 is 29.2 Å². The average Bonchev–Trinajstić information content (AvgIpc) is 2.78. The molecule has 4 nitrogen and oxygen atoms in total. The zero-order valence-electron chi connectivity index (χ0n) is 10.4. The van der Waals surface area contributed by atoms with Gasteiger partial charge in [-0.1, -0.05) is 29.3 Å². The summed E-state index contributed by atoms with van der Waals surface area (Å²) < 4.78 is 1.40. The Kier molecular flexibility index (Phi) is 3.56. The third kappa shape index (κ3) is 2.60. The van der Waals surface area contributed by atoms with Gasteiger partial charge in [0.25, 0.3) is 0 Å². The van der Waals surface area contributed by atoms with Crippen molar-refractivity contribution in [2.75, 3.05) is 0 Å². The summed E-state index contributed by atoms with van der Waals surface area (Å²) in [6.45, 7) is 3.16. The number of nitrogens with zero attached hydrogens (tertiary/aromatic N) is 2. The fraction of sp³-hybridized carbons (Fsp3) is 0.231. The minimum Gasteiger partial charge on any atom is -0.479 e. The van der Waals surface area contributed by atoms with E-state index >= 15 is 0 Å². The molecule has 2 rings (SSSR count). The van der Waals surface area contributed by atoms with Crippen molar-refractivity contribution < 1.29 is 9.90 Å². The molecular weight excluding hydrogens is 287 g/mol. The maximum atomic E-state index is 11.2. The summed E-state index contributed by atoms with van der Waals surface area (Å²) in [5.74, 6) is -0.954. The lowest BCUT2D eigenvalue weighted by atomic mass is 10.1. The number of benzene rings is 1. The molecule has 0 unspecified atom stereocenters. The largest absolute Gasteiger partial charge is 0.479 e. The highest BCUT2D eigenvalue weighted by Gasteiger charge is 2.30. The van der Waals surface area contributed by atoms with Crippen LogP contribution in [0.3, 0.4) is 0 Å². The van der Waals surface area contributed by atoms with Crippen molar-refractivity contribution in [3.8, 4) is 11.1 Å².